The second-order valence-corrected chi connectivity index (χ2v) is 6.74. The molecule has 3 heteroatoms. The van der Waals surface area contributed by atoms with Gasteiger partial charge in [-0.2, -0.15) is 0 Å². The van der Waals surface area contributed by atoms with Crippen molar-refractivity contribution in [2.45, 2.75) is 33.3 Å². The summed E-state index contributed by atoms with van der Waals surface area (Å²) >= 11 is 0. The summed E-state index contributed by atoms with van der Waals surface area (Å²) in [6.07, 6.45) is 11.9. The highest BCUT2D eigenvalue weighted by Crippen LogP contribution is 2.48. The summed E-state index contributed by atoms with van der Waals surface area (Å²) in [5, 5.41) is 19.1. The van der Waals surface area contributed by atoms with Crippen LogP contribution < -0.4 is 0 Å². The first-order valence-electron chi connectivity index (χ1n) is 7.86. The quantitative estimate of drug-likeness (QED) is 0.476. The monoisotopic (exact) mass is 290 g/mol. The zero-order valence-corrected chi connectivity index (χ0v) is 13.0. The zero-order chi connectivity index (χ0) is 15.6. The molecule has 0 aromatic heterocycles. The van der Waals surface area contributed by atoms with E-state index in [0.717, 1.165) is 12.5 Å². The van der Waals surface area contributed by atoms with Crippen molar-refractivity contribution in [2.75, 3.05) is 0 Å². The minimum absolute atomic E-state index is 0.220. The van der Waals surface area contributed by atoms with E-state index >= 15 is 0 Å². The smallest absolute Gasteiger partial charge is 0.328 e. The molecule has 0 spiro atoms. The summed E-state index contributed by atoms with van der Waals surface area (Å²) in [4.78, 5) is 10.5. The van der Waals surface area contributed by atoms with Crippen LogP contribution in [0.1, 0.15) is 27.2 Å². The van der Waals surface area contributed by atoms with Gasteiger partial charge in [-0.05, 0) is 36.0 Å². The van der Waals surface area contributed by atoms with E-state index in [4.69, 9.17) is 5.11 Å². The fourth-order valence-electron chi connectivity index (χ4n) is 4.16. The molecular weight excluding hydrogens is 264 g/mol. The van der Waals surface area contributed by atoms with E-state index < -0.39 is 5.97 Å². The van der Waals surface area contributed by atoms with E-state index in [-0.39, 0.29) is 12.0 Å². The molecule has 2 rings (SSSR count). The molecule has 1 saturated carbocycles. The first-order chi connectivity index (χ1) is 9.91. The van der Waals surface area contributed by atoms with Crippen molar-refractivity contribution < 1.29 is 15.0 Å². The molecule has 2 aliphatic rings. The fourth-order valence-corrected chi connectivity index (χ4v) is 4.16. The molecule has 3 nitrogen and oxygen atoms in total. The SMILES string of the molecule is C[C@@H]1C[C@H](C)[C@@H](O)[C@@H]2C=C[C@H](C)[C@H](/C=C/C=C/C(=O)O)[C@H]21. The number of allylic oxidation sites excluding steroid dienone is 4. The van der Waals surface area contributed by atoms with Crippen LogP contribution in [0.3, 0.4) is 0 Å². The molecule has 2 N–H and O–H groups in total. The van der Waals surface area contributed by atoms with Gasteiger partial charge in [-0.15, -0.1) is 0 Å². The third kappa shape index (κ3) is 3.46. The molecule has 1 fully saturated rings. The molecule has 0 unspecified atom stereocenters. The maximum absolute atomic E-state index is 10.5. The summed E-state index contributed by atoms with van der Waals surface area (Å²) in [7, 11) is 0. The van der Waals surface area contributed by atoms with Crippen molar-refractivity contribution >= 4 is 5.97 Å². The maximum atomic E-state index is 10.5. The Labute approximate surface area is 127 Å². The summed E-state index contributed by atoms with van der Waals surface area (Å²) in [6.45, 7) is 6.60. The van der Waals surface area contributed by atoms with Gasteiger partial charge in [0.05, 0.1) is 6.10 Å². The summed E-state index contributed by atoms with van der Waals surface area (Å²) < 4.78 is 0. The predicted molar refractivity (Wildman–Crippen MR) is 83.6 cm³/mol. The molecule has 0 amide bonds. The van der Waals surface area contributed by atoms with Crippen LogP contribution in [0.25, 0.3) is 0 Å². The van der Waals surface area contributed by atoms with Gasteiger partial charge in [-0.1, -0.05) is 51.2 Å². The minimum Gasteiger partial charge on any atom is -0.478 e. The zero-order valence-electron chi connectivity index (χ0n) is 13.0. The highest BCUT2D eigenvalue weighted by molar-refractivity contribution is 5.80. The van der Waals surface area contributed by atoms with Crippen LogP contribution in [-0.2, 0) is 4.79 Å². The number of carboxylic acid groups (broad SMARTS) is 1. The first-order valence-corrected chi connectivity index (χ1v) is 7.86. The lowest BCUT2D eigenvalue weighted by Crippen LogP contribution is -2.46. The minimum atomic E-state index is -0.926. The van der Waals surface area contributed by atoms with Crippen molar-refractivity contribution in [3.05, 3.63) is 36.5 Å². The standard InChI is InChI=1S/C18H26O3/c1-11-8-9-15-17(12(2)10-13(3)18(15)21)14(11)6-4-5-7-16(19)20/h4-9,11-15,17-18,21H,10H2,1-3H3,(H,19,20)/b6-4+,7-5+/t11-,12+,13-,14-,15+,17+,18+/m0/s1. The van der Waals surface area contributed by atoms with E-state index in [1.807, 2.05) is 6.08 Å². The number of aliphatic hydroxyl groups is 1. The van der Waals surface area contributed by atoms with E-state index in [1.165, 1.54) is 0 Å². The average Bonchev–Trinajstić information content (AvgIpc) is 2.42. The second-order valence-electron chi connectivity index (χ2n) is 6.74. The van der Waals surface area contributed by atoms with E-state index in [2.05, 4.69) is 39.0 Å². The molecule has 0 saturated heterocycles. The lowest BCUT2D eigenvalue weighted by atomic mass is 9.58. The van der Waals surface area contributed by atoms with Gasteiger partial charge in [-0.25, -0.2) is 4.79 Å². The molecule has 0 aromatic carbocycles. The van der Waals surface area contributed by atoms with Crippen LogP contribution in [0.4, 0.5) is 0 Å². The Morgan fingerprint density at radius 2 is 1.86 bits per heavy atom. The van der Waals surface area contributed by atoms with Crippen LogP contribution in [0.5, 0.6) is 0 Å². The maximum Gasteiger partial charge on any atom is 0.328 e. The van der Waals surface area contributed by atoms with Crippen molar-refractivity contribution in [2.24, 2.45) is 35.5 Å². The molecule has 0 radical (unpaired) electrons. The number of aliphatic carboxylic acids is 1. The topological polar surface area (TPSA) is 57.5 Å². The lowest BCUT2D eigenvalue weighted by molar-refractivity contribution is -0.131. The van der Waals surface area contributed by atoms with Gasteiger partial charge < -0.3 is 10.2 Å². The molecule has 7 atom stereocenters. The van der Waals surface area contributed by atoms with Crippen molar-refractivity contribution in [3.63, 3.8) is 0 Å². The summed E-state index contributed by atoms with van der Waals surface area (Å²) in [6, 6.07) is 0. The van der Waals surface area contributed by atoms with Gasteiger partial charge in [0.2, 0.25) is 0 Å². The van der Waals surface area contributed by atoms with Gasteiger partial charge in [-0.3, -0.25) is 0 Å². The molecule has 2 aliphatic carbocycles. The first kappa shape index (κ1) is 16.0. The molecule has 0 heterocycles. The molecule has 0 bridgehead atoms. The highest BCUT2D eigenvalue weighted by atomic mass is 16.4. The second kappa shape index (κ2) is 6.61. The summed E-state index contributed by atoms with van der Waals surface area (Å²) in [5.74, 6) is 1.42. The highest BCUT2D eigenvalue weighted by Gasteiger charge is 2.44. The fraction of sp³-hybridized carbons (Fsp3) is 0.611. The van der Waals surface area contributed by atoms with Crippen molar-refractivity contribution in [1.29, 1.82) is 0 Å². The molecule has 116 valence electrons. The Bertz CT molecular complexity index is 463. The molecule has 0 aromatic rings. The van der Waals surface area contributed by atoms with Crippen molar-refractivity contribution in [3.8, 4) is 0 Å². The van der Waals surface area contributed by atoms with Crippen LogP contribution >= 0.6 is 0 Å². The van der Waals surface area contributed by atoms with Gasteiger partial charge >= 0.3 is 5.97 Å². The van der Waals surface area contributed by atoms with Gasteiger partial charge in [0.25, 0.3) is 0 Å². The van der Waals surface area contributed by atoms with Gasteiger partial charge in [0, 0.05) is 12.0 Å². The Morgan fingerprint density at radius 3 is 2.52 bits per heavy atom. The number of carboxylic acids is 1. The third-order valence-corrected chi connectivity index (χ3v) is 5.19. The number of rotatable bonds is 3. The van der Waals surface area contributed by atoms with Crippen LogP contribution in [0, 0.1) is 35.5 Å². The van der Waals surface area contributed by atoms with E-state index in [1.54, 1.807) is 6.08 Å². The van der Waals surface area contributed by atoms with Gasteiger partial charge in [0.1, 0.15) is 0 Å². The van der Waals surface area contributed by atoms with Crippen molar-refractivity contribution in [1.82, 2.24) is 0 Å². The Morgan fingerprint density at radius 1 is 1.14 bits per heavy atom. The van der Waals surface area contributed by atoms with Gasteiger partial charge in [0.15, 0.2) is 0 Å². The number of hydrogen-bond donors (Lipinski definition) is 2. The summed E-state index contributed by atoms with van der Waals surface area (Å²) in [5.41, 5.74) is 0. The third-order valence-electron chi connectivity index (χ3n) is 5.19. The Kier molecular flexibility index (Phi) is 5.04. The van der Waals surface area contributed by atoms with Crippen LogP contribution in [-0.4, -0.2) is 22.3 Å². The normalized spacial score (nSPS) is 43.3. The molecule has 0 aliphatic heterocycles. The lowest BCUT2D eigenvalue weighted by Gasteiger charge is -2.48. The van der Waals surface area contributed by atoms with Crippen LogP contribution in [0.15, 0.2) is 36.5 Å². The van der Waals surface area contributed by atoms with E-state index in [0.29, 0.717) is 29.6 Å². The number of hydrogen-bond acceptors (Lipinski definition) is 2. The molecule has 21 heavy (non-hydrogen) atoms. The number of aliphatic hydroxyl groups excluding tert-OH is 1. The Balaban J connectivity index is 2.20. The predicted octanol–water partition coefficient (Wildman–Crippen LogP) is 3.27. The Hall–Kier alpha value is -1.35. The molecular formula is C18H26O3. The van der Waals surface area contributed by atoms with Crippen LogP contribution in [0.2, 0.25) is 0 Å². The number of carbonyl (C=O) groups is 1. The van der Waals surface area contributed by atoms with E-state index in [9.17, 15) is 9.90 Å². The number of fused-ring (bicyclic) bond motifs is 1. The largest absolute Gasteiger partial charge is 0.478 e. The average molecular weight is 290 g/mol.